The monoisotopic (exact) mass is 288 g/mol. The molecule has 2 nitrogen and oxygen atoms in total. The molecule has 20 heavy (non-hydrogen) atoms. The molecule has 0 spiro atoms. The number of nitrogens with one attached hydrogen (secondary N) is 1. The molecule has 1 unspecified atom stereocenters. The van der Waals surface area contributed by atoms with Crippen molar-refractivity contribution in [1.82, 2.24) is 10.3 Å². The van der Waals surface area contributed by atoms with Crippen LogP contribution in [-0.4, -0.2) is 11.5 Å². The molecule has 1 aromatic carbocycles. The van der Waals surface area contributed by atoms with E-state index in [2.05, 4.69) is 56.2 Å². The quantitative estimate of drug-likeness (QED) is 0.854. The third kappa shape index (κ3) is 3.90. The van der Waals surface area contributed by atoms with E-state index in [0.717, 1.165) is 25.1 Å². The van der Waals surface area contributed by atoms with E-state index in [1.165, 1.54) is 21.6 Å². The first-order valence-corrected chi connectivity index (χ1v) is 8.18. The lowest BCUT2D eigenvalue weighted by molar-refractivity contribution is 0.533. The van der Waals surface area contributed by atoms with Gasteiger partial charge in [0.2, 0.25) is 0 Å². The van der Waals surface area contributed by atoms with Gasteiger partial charge in [-0.25, -0.2) is 4.98 Å². The van der Waals surface area contributed by atoms with E-state index in [1.54, 1.807) is 11.3 Å². The molecule has 0 saturated carbocycles. The highest BCUT2D eigenvalue weighted by Gasteiger charge is 2.16. The van der Waals surface area contributed by atoms with Gasteiger partial charge in [-0.3, -0.25) is 0 Å². The maximum atomic E-state index is 4.40. The van der Waals surface area contributed by atoms with Gasteiger partial charge >= 0.3 is 0 Å². The summed E-state index contributed by atoms with van der Waals surface area (Å²) in [6.07, 6.45) is 2.19. The maximum Gasteiger partial charge on any atom is 0.0798 e. The summed E-state index contributed by atoms with van der Waals surface area (Å²) in [6, 6.07) is 7.20. The lowest BCUT2D eigenvalue weighted by Crippen LogP contribution is -2.24. The zero-order valence-corrected chi connectivity index (χ0v) is 13.7. The predicted octanol–water partition coefficient (Wildman–Crippen LogP) is 4.35. The molecule has 1 heterocycles. The number of thiazole rings is 1. The Morgan fingerprint density at radius 2 is 1.85 bits per heavy atom. The number of hydrogen-bond acceptors (Lipinski definition) is 3. The van der Waals surface area contributed by atoms with Gasteiger partial charge in [0.25, 0.3) is 0 Å². The molecule has 0 fully saturated rings. The fourth-order valence-electron chi connectivity index (χ4n) is 2.64. The normalized spacial score (nSPS) is 12.6. The summed E-state index contributed by atoms with van der Waals surface area (Å²) in [4.78, 5) is 5.77. The topological polar surface area (TPSA) is 24.9 Å². The highest BCUT2D eigenvalue weighted by molar-refractivity contribution is 7.09. The number of hydrogen-bond donors (Lipinski definition) is 1. The average molecular weight is 288 g/mol. The summed E-state index contributed by atoms with van der Waals surface area (Å²) in [6.45, 7) is 9.70. The van der Waals surface area contributed by atoms with E-state index in [4.69, 9.17) is 0 Å². The third-order valence-corrected chi connectivity index (χ3v) is 4.51. The van der Waals surface area contributed by atoms with Crippen molar-refractivity contribution in [3.8, 4) is 0 Å². The van der Waals surface area contributed by atoms with Crippen LogP contribution in [0.4, 0.5) is 0 Å². The molecule has 0 bridgehead atoms. The standard InChI is InChI=1S/C17H24N2S/c1-5-6-18-16(17-14(4)19-11-20-17)10-15-8-12(2)7-13(3)9-15/h7-9,11,16,18H,5-6,10H2,1-4H3. The lowest BCUT2D eigenvalue weighted by atomic mass is 9.99. The molecule has 0 saturated heterocycles. The predicted molar refractivity (Wildman–Crippen MR) is 87.5 cm³/mol. The summed E-state index contributed by atoms with van der Waals surface area (Å²) < 4.78 is 0. The fraction of sp³-hybridized carbons (Fsp3) is 0.471. The van der Waals surface area contributed by atoms with Gasteiger partial charge in [-0.1, -0.05) is 36.2 Å². The first-order chi connectivity index (χ1) is 9.60. The van der Waals surface area contributed by atoms with E-state index in [9.17, 15) is 0 Å². The summed E-state index contributed by atoms with van der Waals surface area (Å²) in [5.74, 6) is 0. The molecule has 1 N–H and O–H groups in total. The van der Waals surface area contributed by atoms with Gasteiger partial charge in [-0.05, 0) is 45.7 Å². The van der Waals surface area contributed by atoms with Crippen LogP contribution in [0.25, 0.3) is 0 Å². The molecule has 0 amide bonds. The Kier molecular flexibility index (Phi) is 5.32. The van der Waals surface area contributed by atoms with Crippen molar-refractivity contribution in [2.24, 2.45) is 0 Å². The minimum absolute atomic E-state index is 0.378. The van der Waals surface area contributed by atoms with Crippen LogP contribution in [0, 0.1) is 20.8 Å². The molecule has 108 valence electrons. The fourth-order valence-corrected chi connectivity index (χ4v) is 3.52. The molecule has 2 aromatic rings. The number of benzene rings is 1. The molecule has 0 radical (unpaired) electrons. The van der Waals surface area contributed by atoms with Gasteiger partial charge in [0.05, 0.1) is 11.2 Å². The molecule has 1 aromatic heterocycles. The van der Waals surface area contributed by atoms with Crippen molar-refractivity contribution in [2.75, 3.05) is 6.54 Å². The van der Waals surface area contributed by atoms with Crippen LogP contribution in [0.5, 0.6) is 0 Å². The Morgan fingerprint density at radius 3 is 2.40 bits per heavy atom. The van der Waals surface area contributed by atoms with Crippen LogP contribution >= 0.6 is 11.3 Å². The number of aromatic nitrogens is 1. The average Bonchev–Trinajstić information content (AvgIpc) is 2.79. The molecule has 1 atom stereocenters. The zero-order valence-electron chi connectivity index (χ0n) is 12.9. The van der Waals surface area contributed by atoms with E-state index >= 15 is 0 Å². The first kappa shape index (κ1) is 15.2. The Labute approximate surface area is 126 Å². The van der Waals surface area contributed by atoms with E-state index in [0.29, 0.717) is 6.04 Å². The van der Waals surface area contributed by atoms with Gasteiger partial charge in [0.15, 0.2) is 0 Å². The minimum atomic E-state index is 0.378. The smallest absolute Gasteiger partial charge is 0.0798 e. The molecule has 0 aliphatic heterocycles. The highest BCUT2D eigenvalue weighted by atomic mass is 32.1. The van der Waals surface area contributed by atoms with Crippen LogP contribution < -0.4 is 5.32 Å². The zero-order chi connectivity index (χ0) is 14.5. The van der Waals surface area contributed by atoms with Gasteiger partial charge < -0.3 is 5.32 Å². The van der Waals surface area contributed by atoms with Crippen LogP contribution in [0.1, 0.15) is 46.6 Å². The van der Waals surface area contributed by atoms with E-state index in [1.807, 2.05) is 5.51 Å². The second-order valence-corrected chi connectivity index (χ2v) is 6.40. The minimum Gasteiger partial charge on any atom is -0.309 e. The maximum absolute atomic E-state index is 4.40. The first-order valence-electron chi connectivity index (χ1n) is 7.30. The van der Waals surface area contributed by atoms with Crippen molar-refractivity contribution in [2.45, 2.75) is 46.6 Å². The Hall–Kier alpha value is -1.19. The Balaban J connectivity index is 2.21. The number of nitrogens with zero attached hydrogens (tertiary/aromatic N) is 1. The summed E-state index contributed by atoms with van der Waals surface area (Å²) in [5, 5.41) is 3.67. The van der Waals surface area contributed by atoms with Crippen LogP contribution in [-0.2, 0) is 6.42 Å². The van der Waals surface area contributed by atoms with E-state index < -0.39 is 0 Å². The lowest BCUT2D eigenvalue weighted by Gasteiger charge is -2.18. The SMILES string of the molecule is CCCNC(Cc1cc(C)cc(C)c1)c1scnc1C. The molecule has 0 aliphatic carbocycles. The van der Waals surface area contributed by atoms with Gasteiger partial charge in [-0.2, -0.15) is 0 Å². The molecule has 3 heteroatoms. The van der Waals surface area contributed by atoms with Crippen molar-refractivity contribution in [3.05, 3.63) is 51.0 Å². The van der Waals surface area contributed by atoms with Crippen molar-refractivity contribution in [3.63, 3.8) is 0 Å². The van der Waals surface area contributed by atoms with Crippen molar-refractivity contribution >= 4 is 11.3 Å². The summed E-state index contributed by atoms with van der Waals surface area (Å²) in [7, 11) is 0. The van der Waals surface area contributed by atoms with Gasteiger partial charge in [0, 0.05) is 10.9 Å². The second-order valence-electron chi connectivity index (χ2n) is 5.51. The van der Waals surface area contributed by atoms with Crippen LogP contribution in [0.3, 0.4) is 0 Å². The van der Waals surface area contributed by atoms with Crippen LogP contribution in [0.15, 0.2) is 23.7 Å². The Bertz CT molecular complexity index is 540. The Morgan fingerprint density at radius 1 is 1.15 bits per heavy atom. The number of rotatable bonds is 6. The van der Waals surface area contributed by atoms with Crippen molar-refractivity contribution in [1.29, 1.82) is 0 Å². The van der Waals surface area contributed by atoms with Gasteiger partial charge in [-0.15, -0.1) is 11.3 Å². The second kappa shape index (κ2) is 7.00. The molecular formula is C17H24N2S. The molecule has 2 rings (SSSR count). The summed E-state index contributed by atoms with van der Waals surface area (Å²) >= 11 is 1.76. The molecule has 0 aliphatic rings. The number of aryl methyl sites for hydroxylation is 3. The van der Waals surface area contributed by atoms with E-state index in [-0.39, 0.29) is 0 Å². The van der Waals surface area contributed by atoms with Crippen molar-refractivity contribution < 1.29 is 0 Å². The van der Waals surface area contributed by atoms with Gasteiger partial charge in [0.1, 0.15) is 0 Å². The molecular weight excluding hydrogens is 264 g/mol. The highest BCUT2D eigenvalue weighted by Crippen LogP contribution is 2.26. The summed E-state index contributed by atoms with van der Waals surface area (Å²) in [5.41, 5.74) is 7.20. The third-order valence-electron chi connectivity index (χ3n) is 3.46. The largest absolute Gasteiger partial charge is 0.309 e. The van der Waals surface area contributed by atoms with Crippen LogP contribution in [0.2, 0.25) is 0 Å².